The molecule has 0 unspecified atom stereocenters. The zero-order valence-electron chi connectivity index (χ0n) is 20.0. The van der Waals surface area contributed by atoms with E-state index < -0.39 is 12.2 Å². The molecule has 0 spiro atoms. The number of fused-ring (bicyclic) bond motifs is 1. The van der Waals surface area contributed by atoms with Gasteiger partial charge in [-0.1, -0.05) is 6.07 Å². The number of benzene rings is 1. The largest absolute Gasteiger partial charge is 0.495 e. The predicted molar refractivity (Wildman–Crippen MR) is 132 cm³/mol. The Labute approximate surface area is 204 Å². The summed E-state index contributed by atoms with van der Waals surface area (Å²) in [7, 11) is 3.46. The molecule has 36 heavy (non-hydrogen) atoms. The molecule has 5 rings (SSSR count). The first-order valence-electron chi connectivity index (χ1n) is 11.0. The van der Waals surface area contributed by atoms with Crippen LogP contribution in [0, 0.1) is 13.8 Å². The van der Waals surface area contributed by atoms with Gasteiger partial charge in [-0.05, 0) is 26.0 Å². The van der Waals surface area contributed by atoms with Crippen LogP contribution in [0.4, 0.5) is 31.8 Å². The lowest BCUT2D eigenvalue weighted by molar-refractivity contribution is 0.142. The third kappa shape index (κ3) is 4.40. The van der Waals surface area contributed by atoms with E-state index in [2.05, 4.69) is 40.5 Å². The Bertz CT molecular complexity index is 1560. The number of H-pyrrole nitrogens is 1. The average Bonchev–Trinajstić information content (AvgIpc) is 3.48. The highest BCUT2D eigenvalue weighted by atomic mass is 19.3. The van der Waals surface area contributed by atoms with Gasteiger partial charge in [0.15, 0.2) is 11.5 Å². The quantitative estimate of drug-likeness (QED) is 0.284. The van der Waals surface area contributed by atoms with Gasteiger partial charge in [0.2, 0.25) is 0 Å². The number of hydrogen-bond donors (Lipinski definition) is 3. The average molecular weight is 492 g/mol. The molecule has 0 fully saturated rings. The smallest absolute Gasteiger partial charge is 0.295 e. The van der Waals surface area contributed by atoms with Crippen molar-refractivity contribution in [2.75, 3.05) is 17.7 Å². The van der Waals surface area contributed by atoms with Crippen molar-refractivity contribution >= 4 is 34.2 Å². The van der Waals surface area contributed by atoms with Gasteiger partial charge in [0, 0.05) is 18.7 Å². The molecule has 1 aromatic carbocycles. The maximum absolute atomic E-state index is 13.4. The number of imidazole rings is 2. The summed E-state index contributed by atoms with van der Waals surface area (Å²) in [5, 5.41) is 6.35. The molecule has 0 amide bonds. The minimum atomic E-state index is -2.78. The third-order valence-electron chi connectivity index (χ3n) is 5.71. The van der Waals surface area contributed by atoms with Gasteiger partial charge in [0.1, 0.15) is 22.9 Å². The molecular weight excluding hydrogens is 468 g/mol. The molecular formula is C24H23F2N9O. The normalized spacial score (nSPS) is 11.3. The summed E-state index contributed by atoms with van der Waals surface area (Å²) >= 11 is 0. The van der Waals surface area contributed by atoms with E-state index in [0.29, 0.717) is 28.8 Å². The minimum Gasteiger partial charge on any atom is -0.495 e. The summed E-state index contributed by atoms with van der Waals surface area (Å²) < 4.78 is 34.4. The van der Waals surface area contributed by atoms with Crippen LogP contribution in [0.2, 0.25) is 0 Å². The number of anilines is 4. The molecule has 0 aliphatic heterocycles. The van der Waals surface area contributed by atoms with Crippen molar-refractivity contribution in [3.8, 4) is 17.0 Å². The standard InChI is InChI=1S/C24H23F2N9O/c1-12-13(2)29-20(10-28-12)31-19-8-16(21-23(32-19)34-24(33-21)22(25)26)30-15-6-5-14(7-18(15)36-4)17-9-27-11-35(17)3/h5-11,22H,1-4H3,(H3,29,30,31,32,33,34). The van der Waals surface area contributed by atoms with Crippen LogP contribution in [0.1, 0.15) is 23.6 Å². The van der Waals surface area contributed by atoms with E-state index in [9.17, 15) is 8.78 Å². The van der Waals surface area contributed by atoms with Crippen molar-refractivity contribution in [3.05, 3.63) is 60.2 Å². The molecule has 0 atom stereocenters. The molecule has 4 heterocycles. The molecule has 184 valence electrons. The number of hydrogen-bond acceptors (Lipinski definition) is 8. The molecule has 3 N–H and O–H groups in total. The van der Waals surface area contributed by atoms with Crippen molar-refractivity contribution in [3.63, 3.8) is 0 Å². The van der Waals surface area contributed by atoms with Crippen LogP contribution in [0.25, 0.3) is 22.4 Å². The zero-order chi connectivity index (χ0) is 25.4. The second-order valence-corrected chi connectivity index (χ2v) is 8.16. The molecule has 4 aromatic heterocycles. The first-order valence-corrected chi connectivity index (χ1v) is 11.0. The van der Waals surface area contributed by atoms with Gasteiger partial charge in [0.05, 0.1) is 54.3 Å². The Balaban J connectivity index is 1.56. The Morgan fingerprint density at radius 1 is 0.972 bits per heavy atom. The number of nitrogens with one attached hydrogen (secondary N) is 3. The number of rotatable bonds is 7. The monoisotopic (exact) mass is 491 g/mol. The highest BCUT2D eigenvalue weighted by Gasteiger charge is 2.18. The second-order valence-electron chi connectivity index (χ2n) is 8.16. The van der Waals surface area contributed by atoms with Crippen molar-refractivity contribution in [2.24, 2.45) is 7.05 Å². The summed E-state index contributed by atoms with van der Waals surface area (Å²) in [5.41, 5.74) is 4.93. The zero-order valence-corrected chi connectivity index (χ0v) is 20.0. The van der Waals surface area contributed by atoms with Crippen LogP contribution >= 0.6 is 0 Å². The fraction of sp³-hybridized carbons (Fsp3) is 0.208. The lowest BCUT2D eigenvalue weighted by Crippen LogP contribution is -2.02. The summed E-state index contributed by atoms with van der Waals surface area (Å²) in [6.07, 6.45) is 2.28. The summed E-state index contributed by atoms with van der Waals surface area (Å²) in [5.74, 6) is 0.931. The number of halogens is 2. The molecule has 5 aromatic rings. The SMILES string of the molecule is COc1cc(-c2cncn2C)ccc1Nc1cc(Nc2cnc(C)c(C)n2)nc2[nH]c(C(F)F)nc12. The summed E-state index contributed by atoms with van der Waals surface area (Å²) in [6, 6.07) is 7.30. The van der Waals surface area contributed by atoms with Gasteiger partial charge < -0.3 is 24.9 Å². The summed E-state index contributed by atoms with van der Waals surface area (Å²) in [6.45, 7) is 3.71. The number of aromatic nitrogens is 7. The topological polar surface area (TPSA) is 118 Å². The van der Waals surface area contributed by atoms with Crippen molar-refractivity contribution in [1.82, 2.24) is 34.5 Å². The van der Waals surface area contributed by atoms with Gasteiger partial charge in [-0.15, -0.1) is 0 Å². The van der Waals surface area contributed by atoms with Crippen LogP contribution in [0.5, 0.6) is 5.75 Å². The number of aromatic amines is 1. The molecule has 10 nitrogen and oxygen atoms in total. The molecule has 0 radical (unpaired) electrons. The van der Waals surface area contributed by atoms with E-state index >= 15 is 0 Å². The Morgan fingerprint density at radius 3 is 2.50 bits per heavy atom. The van der Waals surface area contributed by atoms with Crippen molar-refractivity contribution < 1.29 is 13.5 Å². The van der Waals surface area contributed by atoms with Crippen LogP contribution < -0.4 is 15.4 Å². The maximum atomic E-state index is 13.4. The lowest BCUT2D eigenvalue weighted by atomic mass is 10.1. The summed E-state index contributed by atoms with van der Waals surface area (Å²) in [4.78, 5) is 24.0. The fourth-order valence-electron chi connectivity index (χ4n) is 3.74. The highest BCUT2D eigenvalue weighted by Crippen LogP contribution is 2.35. The van der Waals surface area contributed by atoms with Gasteiger partial charge in [-0.25, -0.2) is 28.7 Å². The number of aryl methyl sites for hydroxylation is 3. The molecule has 0 saturated carbocycles. The van der Waals surface area contributed by atoms with E-state index in [1.54, 1.807) is 31.9 Å². The van der Waals surface area contributed by atoms with Crippen molar-refractivity contribution in [2.45, 2.75) is 20.3 Å². The molecule has 0 aliphatic rings. The second kappa shape index (κ2) is 9.21. The number of ether oxygens (including phenoxy) is 1. The van der Waals surface area contributed by atoms with Gasteiger partial charge in [-0.2, -0.15) is 0 Å². The van der Waals surface area contributed by atoms with Gasteiger partial charge in [0.25, 0.3) is 6.43 Å². The van der Waals surface area contributed by atoms with Crippen LogP contribution in [0.3, 0.4) is 0 Å². The minimum absolute atomic E-state index is 0.195. The number of nitrogens with zero attached hydrogens (tertiary/aromatic N) is 6. The van der Waals surface area contributed by atoms with E-state index in [0.717, 1.165) is 22.6 Å². The number of methoxy groups -OCH3 is 1. The van der Waals surface area contributed by atoms with Gasteiger partial charge in [-0.3, -0.25) is 4.98 Å². The number of pyridine rings is 1. The van der Waals surface area contributed by atoms with Crippen molar-refractivity contribution in [1.29, 1.82) is 0 Å². The predicted octanol–water partition coefficient (Wildman–Crippen LogP) is 5.20. The first kappa shape index (κ1) is 23.1. The maximum Gasteiger partial charge on any atom is 0.295 e. The van der Waals surface area contributed by atoms with Crippen LogP contribution in [0.15, 0.2) is 43.0 Å². The molecule has 0 aliphatic carbocycles. The first-order chi connectivity index (χ1) is 17.3. The molecule has 12 heteroatoms. The van der Waals surface area contributed by atoms with Gasteiger partial charge >= 0.3 is 0 Å². The Morgan fingerprint density at radius 2 is 1.81 bits per heavy atom. The molecule has 0 saturated heterocycles. The number of alkyl halides is 2. The lowest BCUT2D eigenvalue weighted by Gasteiger charge is -2.14. The highest BCUT2D eigenvalue weighted by molar-refractivity contribution is 5.91. The van der Waals surface area contributed by atoms with E-state index in [1.165, 1.54) is 0 Å². The Hall–Kier alpha value is -4.61. The molecule has 0 bridgehead atoms. The van der Waals surface area contributed by atoms with E-state index in [4.69, 9.17) is 4.74 Å². The van der Waals surface area contributed by atoms with Crippen LogP contribution in [-0.4, -0.2) is 41.6 Å². The van der Waals surface area contributed by atoms with E-state index in [-0.39, 0.29) is 11.2 Å². The Kier molecular flexibility index (Phi) is 5.92. The third-order valence-corrected chi connectivity index (χ3v) is 5.71. The fourth-order valence-corrected chi connectivity index (χ4v) is 3.74. The van der Waals surface area contributed by atoms with E-state index in [1.807, 2.05) is 43.7 Å². The van der Waals surface area contributed by atoms with Crippen LogP contribution in [-0.2, 0) is 7.05 Å².